The van der Waals surface area contributed by atoms with E-state index in [1.54, 1.807) is 6.08 Å². The maximum absolute atomic E-state index is 12.3. The Morgan fingerprint density at radius 1 is 0.469 bits per heavy atom. The van der Waals surface area contributed by atoms with Gasteiger partial charge in [-0.05, 0) is 70.6 Å². The Morgan fingerprint density at radius 3 is 1.18 bits per heavy atom. The zero-order chi connectivity index (χ0) is 35.7. The molecular weight excluding hydrogens is 602 g/mol. The van der Waals surface area contributed by atoms with E-state index in [1.807, 2.05) is 6.08 Å². The summed E-state index contributed by atoms with van der Waals surface area (Å²) >= 11 is 0. The Labute approximate surface area is 305 Å². The third-order valence-corrected chi connectivity index (χ3v) is 9.51. The molecule has 0 bridgehead atoms. The zero-order valence-electron chi connectivity index (χ0n) is 32.7. The van der Waals surface area contributed by atoms with Crippen LogP contribution in [0.3, 0.4) is 0 Å². The molecule has 0 fully saturated rings. The van der Waals surface area contributed by atoms with Gasteiger partial charge in [0.1, 0.15) is 0 Å². The van der Waals surface area contributed by atoms with E-state index in [-0.39, 0.29) is 12.5 Å². The molecule has 4 nitrogen and oxygen atoms in total. The molecule has 0 aromatic heterocycles. The number of unbranched alkanes of at least 4 members (excludes halogenated alkanes) is 25. The van der Waals surface area contributed by atoms with E-state index in [9.17, 15) is 15.0 Å². The number of nitrogens with one attached hydrogen (secondary N) is 1. The fraction of sp³-hybridized carbons (Fsp3) is 0.800. The first kappa shape index (κ1) is 47.4. The van der Waals surface area contributed by atoms with E-state index in [4.69, 9.17) is 0 Å². The molecule has 4 heteroatoms. The second kappa shape index (κ2) is 40.8. The summed E-state index contributed by atoms with van der Waals surface area (Å²) in [6.45, 7) is 4.28. The molecule has 0 spiro atoms. The van der Waals surface area contributed by atoms with E-state index in [0.717, 1.165) is 51.4 Å². The average molecular weight is 686 g/mol. The third kappa shape index (κ3) is 37.4. The van der Waals surface area contributed by atoms with Crippen LogP contribution in [-0.4, -0.2) is 34.9 Å². The van der Waals surface area contributed by atoms with Crippen molar-refractivity contribution in [1.29, 1.82) is 0 Å². The SMILES string of the molecule is CCCCCCCCC/C=C\CCCCCCCC(=O)NC(CO)C(O)/C=C/CC/C=C/CC/C=C/CCCCCCCCCCCCC. The number of hydrogen-bond acceptors (Lipinski definition) is 3. The molecule has 0 saturated heterocycles. The molecule has 49 heavy (non-hydrogen) atoms. The highest BCUT2D eigenvalue weighted by atomic mass is 16.3. The van der Waals surface area contributed by atoms with Gasteiger partial charge in [0.25, 0.3) is 0 Å². The lowest BCUT2D eigenvalue weighted by atomic mass is 10.1. The number of aliphatic hydroxyl groups excluding tert-OH is 2. The highest BCUT2D eigenvalue weighted by molar-refractivity contribution is 5.76. The van der Waals surface area contributed by atoms with Crippen molar-refractivity contribution >= 4 is 5.91 Å². The van der Waals surface area contributed by atoms with Gasteiger partial charge in [0, 0.05) is 6.42 Å². The number of carbonyl (C=O) groups is 1. The number of aliphatic hydroxyl groups is 2. The zero-order valence-corrected chi connectivity index (χ0v) is 32.7. The fourth-order valence-corrected chi connectivity index (χ4v) is 6.20. The molecule has 2 atom stereocenters. The van der Waals surface area contributed by atoms with E-state index in [2.05, 4.69) is 55.6 Å². The highest BCUT2D eigenvalue weighted by Crippen LogP contribution is 2.13. The standard InChI is InChI=1S/C45H83NO3/c1-3-5-7-9-11-13-15-17-19-21-22-23-24-25-26-28-30-32-34-36-38-40-44(48)43(42-47)46-45(49)41-39-37-35-33-31-29-27-20-18-16-14-12-10-8-6-4-2/h20,24-25,27,30,32,38,40,43-44,47-48H,3-19,21-23,26,28-29,31,33-37,39,41-42H2,1-2H3,(H,46,49)/b25-24+,27-20-,32-30+,40-38+. The van der Waals surface area contributed by atoms with Gasteiger partial charge in [-0.15, -0.1) is 0 Å². The maximum atomic E-state index is 12.3. The Hall–Kier alpha value is -1.65. The number of allylic oxidation sites excluding steroid dienone is 7. The van der Waals surface area contributed by atoms with Gasteiger partial charge >= 0.3 is 0 Å². The minimum atomic E-state index is -0.873. The molecule has 2 unspecified atom stereocenters. The molecule has 286 valence electrons. The Kier molecular flexibility index (Phi) is 39.4. The lowest BCUT2D eigenvalue weighted by molar-refractivity contribution is -0.123. The van der Waals surface area contributed by atoms with Crippen molar-refractivity contribution in [3.8, 4) is 0 Å². The van der Waals surface area contributed by atoms with Crippen molar-refractivity contribution in [3.05, 3.63) is 48.6 Å². The van der Waals surface area contributed by atoms with Crippen LogP contribution in [0.2, 0.25) is 0 Å². The third-order valence-electron chi connectivity index (χ3n) is 9.51. The summed E-state index contributed by atoms with van der Waals surface area (Å²) in [4.78, 5) is 12.3. The largest absolute Gasteiger partial charge is 0.394 e. The molecule has 0 aliphatic carbocycles. The molecule has 0 heterocycles. The predicted octanol–water partition coefficient (Wildman–Crippen LogP) is 13.2. The molecule has 0 radical (unpaired) electrons. The Morgan fingerprint density at radius 2 is 0.796 bits per heavy atom. The number of rotatable bonds is 38. The van der Waals surface area contributed by atoms with E-state index >= 15 is 0 Å². The molecule has 3 N–H and O–H groups in total. The second-order valence-corrected chi connectivity index (χ2v) is 14.4. The summed E-state index contributed by atoms with van der Waals surface area (Å²) in [6, 6.07) is -0.649. The Bertz CT molecular complexity index is 786. The van der Waals surface area contributed by atoms with Crippen molar-refractivity contribution in [2.45, 2.75) is 225 Å². The highest BCUT2D eigenvalue weighted by Gasteiger charge is 2.17. The van der Waals surface area contributed by atoms with Crippen LogP contribution in [0, 0.1) is 0 Å². The molecule has 0 aliphatic heterocycles. The lowest BCUT2D eigenvalue weighted by Gasteiger charge is -2.19. The first-order valence-corrected chi connectivity index (χ1v) is 21.4. The molecule has 0 saturated carbocycles. The molecule has 1 amide bonds. The smallest absolute Gasteiger partial charge is 0.220 e. The summed E-state index contributed by atoms with van der Waals surface area (Å²) in [5.74, 6) is -0.0874. The average Bonchev–Trinajstić information content (AvgIpc) is 3.10. The van der Waals surface area contributed by atoms with Crippen LogP contribution in [-0.2, 0) is 4.79 Å². The van der Waals surface area contributed by atoms with Crippen LogP contribution >= 0.6 is 0 Å². The first-order valence-electron chi connectivity index (χ1n) is 21.4. The molecule has 0 aromatic carbocycles. The van der Waals surface area contributed by atoms with Crippen LogP contribution in [0.15, 0.2) is 48.6 Å². The van der Waals surface area contributed by atoms with Crippen LogP contribution in [0.4, 0.5) is 0 Å². The van der Waals surface area contributed by atoms with Crippen molar-refractivity contribution in [3.63, 3.8) is 0 Å². The summed E-state index contributed by atoms with van der Waals surface area (Å²) < 4.78 is 0. The summed E-state index contributed by atoms with van der Waals surface area (Å²) in [5.41, 5.74) is 0. The molecule has 0 rings (SSSR count). The van der Waals surface area contributed by atoms with E-state index in [1.165, 1.54) is 141 Å². The second-order valence-electron chi connectivity index (χ2n) is 14.4. The van der Waals surface area contributed by atoms with Crippen LogP contribution in [0.5, 0.6) is 0 Å². The molecule has 0 aromatic rings. The van der Waals surface area contributed by atoms with Crippen molar-refractivity contribution < 1.29 is 15.0 Å². The quantitative estimate of drug-likeness (QED) is 0.0447. The molecule has 0 aliphatic rings. The monoisotopic (exact) mass is 686 g/mol. The number of amides is 1. The first-order chi connectivity index (χ1) is 24.2. The van der Waals surface area contributed by atoms with E-state index in [0.29, 0.717) is 6.42 Å². The van der Waals surface area contributed by atoms with Gasteiger partial charge in [0.15, 0.2) is 0 Å². The minimum absolute atomic E-state index is 0.0874. The van der Waals surface area contributed by atoms with Gasteiger partial charge in [0.2, 0.25) is 5.91 Å². The van der Waals surface area contributed by atoms with Gasteiger partial charge in [-0.1, -0.05) is 184 Å². The summed E-state index contributed by atoms with van der Waals surface area (Å²) in [5, 5.41) is 22.9. The lowest BCUT2D eigenvalue weighted by Crippen LogP contribution is -2.45. The normalized spacial score (nSPS) is 13.5. The maximum Gasteiger partial charge on any atom is 0.220 e. The van der Waals surface area contributed by atoms with Gasteiger partial charge < -0.3 is 15.5 Å². The summed E-state index contributed by atoms with van der Waals surface area (Å²) in [7, 11) is 0. The molecular formula is C45H83NO3. The topological polar surface area (TPSA) is 69.6 Å². The number of carbonyl (C=O) groups excluding carboxylic acids is 1. The minimum Gasteiger partial charge on any atom is -0.394 e. The number of hydrogen-bond donors (Lipinski definition) is 3. The van der Waals surface area contributed by atoms with Crippen LogP contribution in [0.1, 0.15) is 213 Å². The van der Waals surface area contributed by atoms with Crippen LogP contribution < -0.4 is 5.32 Å². The van der Waals surface area contributed by atoms with Gasteiger partial charge in [-0.25, -0.2) is 0 Å². The van der Waals surface area contributed by atoms with Crippen molar-refractivity contribution in [2.75, 3.05) is 6.61 Å². The van der Waals surface area contributed by atoms with Crippen LogP contribution in [0.25, 0.3) is 0 Å². The van der Waals surface area contributed by atoms with Gasteiger partial charge in [0.05, 0.1) is 18.8 Å². The van der Waals surface area contributed by atoms with Crippen molar-refractivity contribution in [1.82, 2.24) is 5.32 Å². The predicted molar refractivity (Wildman–Crippen MR) is 216 cm³/mol. The Balaban J connectivity index is 3.68. The van der Waals surface area contributed by atoms with Gasteiger partial charge in [-0.2, -0.15) is 0 Å². The fourth-order valence-electron chi connectivity index (χ4n) is 6.20. The summed E-state index contributed by atoms with van der Waals surface area (Å²) in [6.07, 6.45) is 55.0. The van der Waals surface area contributed by atoms with E-state index < -0.39 is 12.1 Å². The van der Waals surface area contributed by atoms with Crippen molar-refractivity contribution in [2.24, 2.45) is 0 Å². The van der Waals surface area contributed by atoms with Gasteiger partial charge in [-0.3, -0.25) is 4.79 Å².